The van der Waals surface area contributed by atoms with Crippen LogP contribution in [0.2, 0.25) is 5.02 Å². The van der Waals surface area contributed by atoms with Crippen molar-refractivity contribution in [2.24, 2.45) is 0 Å². The molecule has 1 heterocycles. The van der Waals surface area contributed by atoms with Crippen molar-refractivity contribution >= 4 is 23.0 Å². The first-order valence-corrected chi connectivity index (χ1v) is 7.54. The van der Waals surface area contributed by atoms with Gasteiger partial charge in [0.2, 0.25) is 0 Å². The molecule has 110 valence electrons. The van der Waals surface area contributed by atoms with Crippen LogP contribution < -0.4 is 10.2 Å². The van der Waals surface area contributed by atoms with E-state index in [1.165, 1.54) is 11.6 Å². The van der Waals surface area contributed by atoms with Gasteiger partial charge in [0.05, 0.1) is 5.02 Å². The molecular formula is C17H18ClFN2. The van der Waals surface area contributed by atoms with Gasteiger partial charge in [0.1, 0.15) is 5.82 Å². The number of aryl methyl sites for hydroxylation is 1. The normalized spacial score (nSPS) is 18.0. The Balaban J connectivity index is 2.02. The summed E-state index contributed by atoms with van der Waals surface area (Å²) in [5.74, 6) is -0.381. The monoisotopic (exact) mass is 304 g/mol. The zero-order chi connectivity index (χ0) is 14.8. The van der Waals surface area contributed by atoms with Gasteiger partial charge >= 0.3 is 0 Å². The Bertz CT molecular complexity index is 621. The van der Waals surface area contributed by atoms with E-state index in [2.05, 4.69) is 41.4 Å². The smallest absolute Gasteiger partial charge is 0.141 e. The van der Waals surface area contributed by atoms with Crippen LogP contribution in [0.4, 0.5) is 15.8 Å². The van der Waals surface area contributed by atoms with Gasteiger partial charge in [-0.15, -0.1) is 0 Å². The minimum absolute atomic E-state index is 0.163. The fourth-order valence-corrected chi connectivity index (χ4v) is 2.95. The molecule has 1 aliphatic heterocycles. The number of halogens is 2. The predicted molar refractivity (Wildman–Crippen MR) is 86.0 cm³/mol. The van der Waals surface area contributed by atoms with Gasteiger partial charge in [0.25, 0.3) is 0 Å². The highest BCUT2D eigenvalue weighted by molar-refractivity contribution is 6.31. The van der Waals surface area contributed by atoms with Crippen molar-refractivity contribution in [1.29, 1.82) is 0 Å². The second-order valence-corrected chi connectivity index (χ2v) is 5.86. The van der Waals surface area contributed by atoms with Crippen LogP contribution in [0.25, 0.3) is 0 Å². The lowest BCUT2D eigenvalue weighted by molar-refractivity contribution is 0.627. The van der Waals surface area contributed by atoms with Crippen molar-refractivity contribution < 1.29 is 4.39 Å². The van der Waals surface area contributed by atoms with Crippen molar-refractivity contribution in [2.75, 3.05) is 18.0 Å². The molecule has 4 heteroatoms. The van der Waals surface area contributed by atoms with Gasteiger partial charge in [-0.1, -0.05) is 29.3 Å². The van der Waals surface area contributed by atoms with E-state index in [1.54, 1.807) is 12.1 Å². The van der Waals surface area contributed by atoms with Crippen molar-refractivity contribution in [1.82, 2.24) is 5.32 Å². The van der Waals surface area contributed by atoms with Gasteiger partial charge in [-0.05, 0) is 50.2 Å². The van der Waals surface area contributed by atoms with Gasteiger partial charge in [0, 0.05) is 24.0 Å². The van der Waals surface area contributed by atoms with Crippen LogP contribution in [-0.2, 0) is 0 Å². The minimum Gasteiger partial charge on any atom is -0.337 e. The van der Waals surface area contributed by atoms with Gasteiger partial charge < -0.3 is 10.2 Å². The first-order chi connectivity index (χ1) is 10.1. The summed E-state index contributed by atoms with van der Waals surface area (Å²) in [5.41, 5.74) is 3.26. The van der Waals surface area contributed by atoms with E-state index in [9.17, 15) is 4.39 Å². The number of nitrogens with one attached hydrogen (secondary N) is 1. The summed E-state index contributed by atoms with van der Waals surface area (Å²) in [4.78, 5) is 2.24. The Hall–Kier alpha value is -1.58. The third-order valence-corrected chi connectivity index (χ3v) is 4.18. The molecule has 3 rings (SSSR count). The molecule has 0 saturated carbocycles. The molecule has 1 N–H and O–H groups in total. The van der Waals surface area contributed by atoms with Crippen molar-refractivity contribution in [2.45, 2.75) is 19.4 Å². The van der Waals surface area contributed by atoms with E-state index < -0.39 is 0 Å². The Morgan fingerprint density at radius 3 is 2.48 bits per heavy atom. The van der Waals surface area contributed by atoms with Gasteiger partial charge in [-0.2, -0.15) is 0 Å². The largest absolute Gasteiger partial charge is 0.337 e. The second-order valence-electron chi connectivity index (χ2n) is 5.45. The van der Waals surface area contributed by atoms with Crippen LogP contribution in [0.3, 0.4) is 0 Å². The first-order valence-electron chi connectivity index (χ1n) is 7.17. The highest BCUT2D eigenvalue weighted by Gasteiger charge is 2.24. The van der Waals surface area contributed by atoms with Crippen LogP contribution in [0.15, 0.2) is 42.5 Å². The second kappa shape index (κ2) is 6.04. The molecule has 1 atom stereocenters. The van der Waals surface area contributed by atoms with E-state index in [0.29, 0.717) is 6.04 Å². The molecule has 1 aliphatic rings. The average Bonchev–Trinajstić information content (AvgIpc) is 2.99. The molecule has 21 heavy (non-hydrogen) atoms. The van der Waals surface area contributed by atoms with Gasteiger partial charge in [-0.3, -0.25) is 0 Å². The zero-order valence-corrected chi connectivity index (χ0v) is 12.7. The maximum atomic E-state index is 13.4. The summed E-state index contributed by atoms with van der Waals surface area (Å²) >= 11 is 5.96. The highest BCUT2D eigenvalue weighted by atomic mass is 35.5. The summed E-state index contributed by atoms with van der Waals surface area (Å²) in [6.45, 7) is 3.99. The molecule has 2 aromatic rings. The molecule has 0 aromatic heterocycles. The fourth-order valence-electron chi connectivity index (χ4n) is 2.77. The van der Waals surface area contributed by atoms with E-state index in [1.807, 2.05) is 0 Å². The van der Waals surface area contributed by atoms with Crippen LogP contribution in [0.1, 0.15) is 12.0 Å². The molecule has 0 spiro atoms. The summed E-state index contributed by atoms with van der Waals surface area (Å²) in [5, 5.41) is 3.54. The molecule has 0 aliphatic carbocycles. The van der Waals surface area contributed by atoms with Gasteiger partial charge in [0.15, 0.2) is 0 Å². The molecule has 1 unspecified atom stereocenters. The van der Waals surface area contributed by atoms with Crippen LogP contribution in [0.5, 0.6) is 0 Å². The number of hydrogen-bond acceptors (Lipinski definition) is 2. The molecular weight excluding hydrogens is 287 g/mol. The van der Waals surface area contributed by atoms with E-state index in [4.69, 9.17) is 11.6 Å². The average molecular weight is 305 g/mol. The van der Waals surface area contributed by atoms with Crippen LogP contribution in [-0.4, -0.2) is 19.1 Å². The zero-order valence-electron chi connectivity index (χ0n) is 11.9. The van der Waals surface area contributed by atoms with Crippen molar-refractivity contribution in [3.63, 3.8) is 0 Å². The lowest BCUT2D eigenvalue weighted by atomic mass is 10.1. The summed E-state index contributed by atoms with van der Waals surface area (Å²) in [6, 6.07) is 13.7. The molecule has 1 fully saturated rings. The van der Waals surface area contributed by atoms with Crippen molar-refractivity contribution in [3.05, 3.63) is 58.9 Å². The van der Waals surface area contributed by atoms with Crippen LogP contribution in [0, 0.1) is 12.7 Å². The van der Waals surface area contributed by atoms with E-state index in [0.717, 1.165) is 30.9 Å². The standard InChI is InChI=1S/C17H18ClFN2/c1-12-2-4-13(5-3-12)21(15-8-9-20-11-15)14-6-7-17(19)16(18)10-14/h2-7,10,15,20H,8-9,11H2,1H3. The maximum absolute atomic E-state index is 13.4. The fraction of sp³-hybridized carbons (Fsp3) is 0.294. The van der Waals surface area contributed by atoms with E-state index >= 15 is 0 Å². The minimum atomic E-state index is -0.381. The Morgan fingerprint density at radius 1 is 1.14 bits per heavy atom. The van der Waals surface area contributed by atoms with Gasteiger partial charge in [-0.25, -0.2) is 4.39 Å². The molecule has 0 radical (unpaired) electrons. The maximum Gasteiger partial charge on any atom is 0.141 e. The Labute approximate surface area is 129 Å². The number of anilines is 2. The lowest BCUT2D eigenvalue weighted by Gasteiger charge is -2.31. The number of rotatable bonds is 3. The summed E-state index contributed by atoms with van der Waals surface area (Å²) in [7, 11) is 0. The third kappa shape index (κ3) is 3.04. The topological polar surface area (TPSA) is 15.3 Å². The number of nitrogens with zero attached hydrogens (tertiary/aromatic N) is 1. The van der Waals surface area contributed by atoms with Crippen molar-refractivity contribution in [3.8, 4) is 0 Å². The Morgan fingerprint density at radius 2 is 1.86 bits per heavy atom. The Kier molecular flexibility index (Phi) is 4.13. The summed E-state index contributed by atoms with van der Waals surface area (Å²) < 4.78 is 13.4. The quantitative estimate of drug-likeness (QED) is 0.910. The third-order valence-electron chi connectivity index (χ3n) is 3.89. The lowest BCUT2D eigenvalue weighted by Crippen LogP contribution is -2.32. The van der Waals surface area contributed by atoms with E-state index in [-0.39, 0.29) is 10.8 Å². The molecule has 0 amide bonds. The summed E-state index contributed by atoms with van der Waals surface area (Å²) in [6.07, 6.45) is 1.06. The highest BCUT2D eigenvalue weighted by Crippen LogP contribution is 2.32. The first kappa shape index (κ1) is 14.4. The number of hydrogen-bond donors (Lipinski definition) is 1. The molecule has 2 aromatic carbocycles. The molecule has 1 saturated heterocycles. The van der Waals surface area contributed by atoms with Crippen LogP contribution >= 0.6 is 11.6 Å². The molecule has 2 nitrogen and oxygen atoms in total. The number of benzene rings is 2. The SMILES string of the molecule is Cc1ccc(N(c2ccc(F)c(Cl)c2)C2CCNC2)cc1. The predicted octanol–water partition coefficient (Wildman–Crippen LogP) is 4.29. The molecule has 0 bridgehead atoms.